The molecule has 1 aliphatic rings. The topological polar surface area (TPSA) is 192 Å². The molecule has 1 rings (SSSR count). The molecule has 1 saturated carbocycles. The highest BCUT2D eigenvalue weighted by Crippen LogP contribution is 2.43. The van der Waals surface area contributed by atoms with Crippen LogP contribution < -0.4 is 5.73 Å². The molecule has 1 unspecified atom stereocenters. The van der Waals surface area contributed by atoms with Crippen LogP contribution in [-0.2, 0) is 37.5 Å². The van der Waals surface area contributed by atoms with Crippen LogP contribution in [0.1, 0.15) is 162 Å². The number of phosphoric ester groups is 1. The molecule has 0 amide bonds. The number of hydrogen-bond acceptors (Lipinski definition) is 11. The van der Waals surface area contributed by atoms with Crippen LogP contribution in [0.15, 0.2) is 60.8 Å². The van der Waals surface area contributed by atoms with Crippen molar-refractivity contribution in [3.63, 3.8) is 0 Å². The van der Waals surface area contributed by atoms with E-state index in [0.29, 0.717) is 32.1 Å². The predicted molar refractivity (Wildman–Crippen MR) is 239 cm³/mol. The average Bonchev–Trinajstić information content (AvgIpc) is 3.49. The van der Waals surface area contributed by atoms with Crippen LogP contribution in [-0.4, -0.2) is 77.5 Å². The number of carbonyl (C=O) groups excluding carboxylic acids is 3. The number of esters is 2. The highest BCUT2D eigenvalue weighted by atomic mass is 31.2. The van der Waals surface area contributed by atoms with Crippen LogP contribution in [0.4, 0.5) is 0 Å². The van der Waals surface area contributed by atoms with Crippen molar-refractivity contribution in [2.24, 2.45) is 17.6 Å². The lowest BCUT2D eigenvalue weighted by atomic mass is 9.88. The number of unbranched alkanes of at least 4 members (excludes halogenated alkanes) is 11. The Kier molecular flexibility index (Phi) is 34.0. The van der Waals surface area contributed by atoms with E-state index in [1.807, 2.05) is 0 Å². The molecule has 0 bridgehead atoms. The van der Waals surface area contributed by atoms with Crippen molar-refractivity contribution in [3.8, 4) is 0 Å². The fourth-order valence-electron chi connectivity index (χ4n) is 6.82. The number of carbonyl (C=O) groups is 3. The highest BCUT2D eigenvalue weighted by Gasteiger charge is 2.39. The third kappa shape index (κ3) is 30.3. The average molecular weight is 866 g/mol. The van der Waals surface area contributed by atoms with Crippen LogP contribution in [0.5, 0.6) is 0 Å². The molecule has 0 aromatic heterocycles. The van der Waals surface area contributed by atoms with Crippen molar-refractivity contribution in [1.29, 1.82) is 0 Å². The molecule has 0 aliphatic heterocycles. The second kappa shape index (κ2) is 36.9. The second-order valence-electron chi connectivity index (χ2n) is 15.7. The Hall–Kier alpha value is -2.70. The number of allylic oxidation sites excluding steroid dienone is 9. The van der Waals surface area contributed by atoms with Crippen molar-refractivity contribution in [2.45, 2.75) is 180 Å². The maximum Gasteiger partial charge on any atom is 0.472 e. The molecule has 0 radical (unpaired) electrons. The lowest BCUT2D eigenvalue weighted by Gasteiger charge is -2.20. The first kappa shape index (κ1) is 55.3. The zero-order valence-corrected chi connectivity index (χ0v) is 37.8. The summed E-state index contributed by atoms with van der Waals surface area (Å²) in [6.07, 6.45) is 37.2. The van der Waals surface area contributed by atoms with Crippen molar-refractivity contribution < 1.29 is 52.6 Å². The summed E-state index contributed by atoms with van der Waals surface area (Å²) in [7, 11) is -4.46. The van der Waals surface area contributed by atoms with Gasteiger partial charge in [-0.1, -0.05) is 132 Å². The maximum atomic E-state index is 12.7. The summed E-state index contributed by atoms with van der Waals surface area (Å²) in [5.41, 5.74) is 5.35. The number of aliphatic hydroxyl groups excluding tert-OH is 2. The van der Waals surface area contributed by atoms with E-state index in [9.17, 15) is 34.1 Å². The van der Waals surface area contributed by atoms with E-state index >= 15 is 0 Å². The standard InChI is InChI=1S/C47H80NO11P/c1-3-5-7-8-9-10-11-12-13-14-15-16-17-18-19-20-21-22-27-31-46(52)56-38-41(39-58-60(54,55)57-36-35-48)59-47(53)32-28-24-23-26-30-42-43(45(51)37-44(42)50)34-33-40(49)29-25-6-4-2/h9-10,12-13,15-16,18-19,33-34,40-44,49-50H,3-8,11,14,17,20-32,35-39,48H2,1-2H3,(H,54,55)/b10-9-,13-12-,16-15-,19-18-,34-33+/t40-,41+,42+,43+,44-/m0/s1. The summed E-state index contributed by atoms with van der Waals surface area (Å²) >= 11 is 0. The fourth-order valence-corrected chi connectivity index (χ4v) is 7.58. The molecular weight excluding hydrogens is 785 g/mol. The Balaban J connectivity index is 2.38. The number of phosphoric acid groups is 1. The minimum Gasteiger partial charge on any atom is -0.462 e. The molecule has 6 atom stereocenters. The van der Waals surface area contributed by atoms with Crippen molar-refractivity contribution in [2.75, 3.05) is 26.4 Å². The smallest absolute Gasteiger partial charge is 0.462 e. The third-order valence-corrected chi connectivity index (χ3v) is 11.3. The fraction of sp³-hybridized carbons (Fsp3) is 0.723. The van der Waals surface area contributed by atoms with Gasteiger partial charge in [-0.05, 0) is 76.5 Å². The molecule has 60 heavy (non-hydrogen) atoms. The molecule has 13 heteroatoms. The molecule has 0 spiro atoms. The van der Waals surface area contributed by atoms with Crippen LogP contribution >= 0.6 is 7.82 Å². The van der Waals surface area contributed by atoms with Gasteiger partial charge in [-0.25, -0.2) is 4.57 Å². The molecule has 5 N–H and O–H groups in total. The number of Topliss-reactive ketones (excluding diaryl/α,β-unsaturated/α-hetero) is 1. The van der Waals surface area contributed by atoms with Crippen LogP contribution in [0.3, 0.4) is 0 Å². The number of ether oxygens (including phenoxy) is 2. The van der Waals surface area contributed by atoms with E-state index in [4.69, 9.17) is 24.3 Å². The molecule has 0 aromatic rings. The lowest BCUT2D eigenvalue weighted by molar-refractivity contribution is -0.161. The molecule has 12 nitrogen and oxygen atoms in total. The Morgan fingerprint density at radius 2 is 1.33 bits per heavy atom. The Morgan fingerprint density at radius 1 is 0.767 bits per heavy atom. The quantitative estimate of drug-likeness (QED) is 0.0199. The normalized spacial score (nSPS) is 19.4. The van der Waals surface area contributed by atoms with Gasteiger partial charge in [0.05, 0.1) is 25.4 Å². The number of hydrogen-bond donors (Lipinski definition) is 4. The first-order chi connectivity index (χ1) is 29.0. The minimum absolute atomic E-state index is 0.00558. The van der Waals surface area contributed by atoms with E-state index in [1.54, 1.807) is 12.2 Å². The van der Waals surface area contributed by atoms with Crippen molar-refractivity contribution in [3.05, 3.63) is 60.8 Å². The van der Waals surface area contributed by atoms with E-state index in [1.165, 1.54) is 25.7 Å². The van der Waals surface area contributed by atoms with E-state index in [0.717, 1.165) is 70.6 Å². The van der Waals surface area contributed by atoms with Gasteiger partial charge in [0, 0.05) is 31.7 Å². The Bertz CT molecular complexity index is 1330. The van der Waals surface area contributed by atoms with Gasteiger partial charge in [-0.3, -0.25) is 23.4 Å². The van der Waals surface area contributed by atoms with Crippen molar-refractivity contribution in [1.82, 2.24) is 0 Å². The molecule has 1 fully saturated rings. The van der Waals surface area contributed by atoms with Gasteiger partial charge in [0.2, 0.25) is 0 Å². The van der Waals surface area contributed by atoms with Gasteiger partial charge < -0.3 is 30.3 Å². The van der Waals surface area contributed by atoms with Gasteiger partial charge >= 0.3 is 19.8 Å². The minimum atomic E-state index is -4.46. The summed E-state index contributed by atoms with van der Waals surface area (Å²) < 4.78 is 32.8. The van der Waals surface area contributed by atoms with Crippen LogP contribution in [0.2, 0.25) is 0 Å². The van der Waals surface area contributed by atoms with Crippen LogP contribution in [0, 0.1) is 11.8 Å². The van der Waals surface area contributed by atoms with E-state index in [2.05, 4.69) is 62.5 Å². The maximum absolute atomic E-state index is 12.7. The summed E-state index contributed by atoms with van der Waals surface area (Å²) in [6.45, 7) is 3.28. The molecular formula is C47H80NO11P. The zero-order chi connectivity index (χ0) is 44.1. The first-order valence-electron chi connectivity index (χ1n) is 22.9. The number of ketones is 1. The SMILES string of the molecule is CCCCC/C=C\C/C=C\C/C=C\C/C=C\CCCCCC(=O)OC[C@H](COP(=O)(O)OCCN)OC(=O)CCCCCC[C@H]1[C@@H](O)CC(=O)[C@@H]1/C=C/[C@@H](O)CCCCC. The summed E-state index contributed by atoms with van der Waals surface area (Å²) in [5.74, 6) is -1.63. The predicted octanol–water partition coefficient (Wildman–Crippen LogP) is 9.86. The van der Waals surface area contributed by atoms with Gasteiger partial charge in [0.25, 0.3) is 0 Å². The first-order valence-corrected chi connectivity index (χ1v) is 24.4. The Morgan fingerprint density at radius 3 is 1.97 bits per heavy atom. The van der Waals surface area contributed by atoms with Gasteiger partial charge in [-0.2, -0.15) is 0 Å². The van der Waals surface area contributed by atoms with Gasteiger partial charge in [-0.15, -0.1) is 0 Å². The molecule has 1 aliphatic carbocycles. The summed E-state index contributed by atoms with van der Waals surface area (Å²) in [6, 6.07) is 0. The highest BCUT2D eigenvalue weighted by molar-refractivity contribution is 7.47. The zero-order valence-electron chi connectivity index (χ0n) is 36.9. The molecule has 0 saturated heterocycles. The largest absolute Gasteiger partial charge is 0.472 e. The molecule has 0 heterocycles. The molecule has 0 aromatic carbocycles. The number of aliphatic hydroxyl groups is 2. The summed E-state index contributed by atoms with van der Waals surface area (Å²) in [5, 5.41) is 20.8. The summed E-state index contributed by atoms with van der Waals surface area (Å²) in [4.78, 5) is 47.7. The number of rotatable bonds is 38. The van der Waals surface area contributed by atoms with Gasteiger partial charge in [0.1, 0.15) is 12.4 Å². The molecule has 344 valence electrons. The Labute approximate surface area is 361 Å². The number of nitrogens with two attached hydrogens (primary N) is 1. The third-order valence-electron chi connectivity index (χ3n) is 10.3. The monoisotopic (exact) mass is 866 g/mol. The lowest BCUT2D eigenvalue weighted by Crippen LogP contribution is -2.29. The van der Waals surface area contributed by atoms with Gasteiger partial charge in [0.15, 0.2) is 6.10 Å². The van der Waals surface area contributed by atoms with Crippen molar-refractivity contribution >= 4 is 25.5 Å². The van der Waals surface area contributed by atoms with Crippen LogP contribution in [0.25, 0.3) is 0 Å². The van der Waals surface area contributed by atoms with E-state index < -0.39 is 50.6 Å². The van der Waals surface area contributed by atoms with E-state index in [-0.39, 0.29) is 50.7 Å². The second-order valence-corrected chi connectivity index (χ2v) is 17.2.